The molecule has 0 aromatic heterocycles. The summed E-state index contributed by atoms with van der Waals surface area (Å²) >= 11 is 3.44. The second-order valence-electron chi connectivity index (χ2n) is 6.47. The number of carbonyl (C=O) groups excluding carboxylic acids is 3. The van der Waals surface area contributed by atoms with E-state index in [0.29, 0.717) is 23.7 Å². The van der Waals surface area contributed by atoms with Crippen molar-refractivity contribution in [3.05, 3.63) is 53.1 Å². The van der Waals surface area contributed by atoms with E-state index in [1.807, 2.05) is 30.4 Å². The summed E-state index contributed by atoms with van der Waals surface area (Å²) in [7, 11) is 1.34. The van der Waals surface area contributed by atoms with Crippen molar-refractivity contribution in [3.63, 3.8) is 0 Å². The number of rotatable bonds is 5. The fourth-order valence-corrected chi connectivity index (χ4v) is 3.76. The van der Waals surface area contributed by atoms with E-state index in [1.54, 1.807) is 12.1 Å². The first-order chi connectivity index (χ1) is 12.5. The van der Waals surface area contributed by atoms with Crippen LogP contribution in [0, 0.1) is 11.8 Å². The van der Waals surface area contributed by atoms with Crippen LogP contribution in [0.2, 0.25) is 0 Å². The van der Waals surface area contributed by atoms with Gasteiger partial charge in [0.15, 0.2) is 0 Å². The SMILES string of the molecule is COC(=O)c1ccc(C=C(CBr)CN2C(=O)C3CC=CCC3C2=O)cc1. The van der Waals surface area contributed by atoms with E-state index in [-0.39, 0.29) is 36.2 Å². The van der Waals surface area contributed by atoms with Crippen molar-refractivity contribution in [1.29, 1.82) is 0 Å². The quantitative estimate of drug-likeness (QED) is 0.319. The van der Waals surface area contributed by atoms with Crippen LogP contribution in [0.25, 0.3) is 6.08 Å². The molecule has 0 N–H and O–H groups in total. The highest BCUT2D eigenvalue weighted by Crippen LogP contribution is 2.35. The molecule has 3 rings (SSSR count). The molecule has 1 aliphatic heterocycles. The smallest absolute Gasteiger partial charge is 0.337 e. The van der Waals surface area contributed by atoms with Crippen molar-refractivity contribution in [2.24, 2.45) is 11.8 Å². The normalized spacial score (nSPS) is 22.5. The molecule has 0 saturated carbocycles. The van der Waals surface area contributed by atoms with Crippen LogP contribution in [0.3, 0.4) is 0 Å². The molecule has 1 heterocycles. The molecule has 26 heavy (non-hydrogen) atoms. The number of methoxy groups -OCH3 is 1. The van der Waals surface area contributed by atoms with Crippen molar-refractivity contribution >= 4 is 39.8 Å². The summed E-state index contributed by atoms with van der Waals surface area (Å²) in [4.78, 5) is 38.1. The highest BCUT2D eigenvalue weighted by atomic mass is 79.9. The van der Waals surface area contributed by atoms with E-state index in [0.717, 1.165) is 11.1 Å². The largest absolute Gasteiger partial charge is 0.465 e. The average Bonchev–Trinajstić information content (AvgIpc) is 2.92. The zero-order valence-corrected chi connectivity index (χ0v) is 16.1. The third-order valence-corrected chi connectivity index (χ3v) is 5.55. The van der Waals surface area contributed by atoms with Crippen LogP contribution in [-0.2, 0) is 14.3 Å². The lowest BCUT2D eigenvalue weighted by molar-refractivity contribution is -0.139. The number of imide groups is 1. The highest BCUT2D eigenvalue weighted by molar-refractivity contribution is 9.09. The molecule has 1 aliphatic carbocycles. The van der Waals surface area contributed by atoms with Gasteiger partial charge in [0.2, 0.25) is 11.8 Å². The van der Waals surface area contributed by atoms with Crippen LogP contribution in [-0.4, -0.2) is 41.7 Å². The topological polar surface area (TPSA) is 63.7 Å². The maximum Gasteiger partial charge on any atom is 0.337 e. The van der Waals surface area contributed by atoms with Crippen LogP contribution >= 0.6 is 15.9 Å². The van der Waals surface area contributed by atoms with Crippen molar-refractivity contribution in [3.8, 4) is 0 Å². The molecular weight excluding hydrogens is 398 g/mol. The van der Waals surface area contributed by atoms with Crippen LogP contribution in [0.1, 0.15) is 28.8 Å². The van der Waals surface area contributed by atoms with Crippen LogP contribution in [0.15, 0.2) is 42.0 Å². The first kappa shape index (κ1) is 18.6. The maximum absolute atomic E-state index is 12.6. The molecule has 2 atom stereocenters. The zero-order chi connectivity index (χ0) is 18.7. The molecular formula is C20H20BrNO4. The minimum Gasteiger partial charge on any atom is -0.465 e. The predicted molar refractivity (Wildman–Crippen MR) is 102 cm³/mol. The zero-order valence-electron chi connectivity index (χ0n) is 14.5. The molecule has 2 unspecified atom stereocenters. The monoisotopic (exact) mass is 417 g/mol. The Morgan fingerprint density at radius 2 is 1.73 bits per heavy atom. The van der Waals surface area contributed by atoms with E-state index in [2.05, 4.69) is 20.7 Å². The van der Waals surface area contributed by atoms with Gasteiger partial charge in [-0.25, -0.2) is 4.79 Å². The molecule has 0 bridgehead atoms. The lowest BCUT2D eigenvalue weighted by atomic mass is 9.85. The standard InChI is InChI=1S/C20H20BrNO4/c1-26-20(25)15-8-6-13(7-9-15)10-14(11-21)12-22-18(23)16-4-2-3-5-17(16)19(22)24/h2-3,6-10,16-17H,4-5,11-12H2,1H3. The van der Waals surface area contributed by atoms with Gasteiger partial charge in [0.05, 0.1) is 31.1 Å². The average molecular weight is 418 g/mol. The number of allylic oxidation sites excluding steroid dienone is 2. The molecule has 2 amide bonds. The van der Waals surface area contributed by atoms with Crippen LogP contribution < -0.4 is 0 Å². The molecule has 0 spiro atoms. The molecule has 2 aliphatic rings. The van der Waals surface area contributed by atoms with Gasteiger partial charge in [0.25, 0.3) is 0 Å². The number of carbonyl (C=O) groups is 3. The maximum atomic E-state index is 12.6. The lowest BCUT2D eigenvalue weighted by Crippen LogP contribution is -2.33. The minimum absolute atomic E-state index is 0.0720. The molecule has 1 fully saturated rings. The Bertz CT molecular complexity index is 756. The summed E-state index contributed by atoms with van der Waals surface area (Å²) in [5.74, 6) is -0.938. The Hall–Kier alpha value is -2.21. The third-order valence-electron chi connectivity index (χ3n) is 4.83. The minimum atomic E-state index is -0.384. The summed E-state index contributed by atoms with van der Waals surface area (Å²) in [5, 5.41) is 0.552. The Morgan fingerprint density at radius 1 is 1.15 bits per heavy atom. The molecule has 1 aromatic rings. The van der Waals surface area contributed by atoms with Gasteiger partial charge in [-0.15, -0.1) is 0 Å². The van der Waals surface area contributed by atoms with E-state index in [1.165, 1.54) is 12.0 Å². The lowest BCUT2D eigenvalue weighted by Gasteiger charge is -2.16. The van der Waals surface area contributed by atoms with E-state index >= 15 is 0 Å². The van der Waals surface area contributed by atoms with E-state index in [4.69, 9.17) is 0 Å². The first-order valence-electron chi connectivity index (χ1n) is 8.49. The number of fused-ring (bicyclic) bond motifs is 1. The number of amides is 2. The van der Waals surface area contributed by atoms with Crippen molar-refractivity contribution in [2.75, 3.05) is 19.0 Å². The fraction of sp³-hybridized carbons (Fsp3) is 0.350. The second-order valence-corrected chi connectivity index (χ2v) is 7.03. The third kappa shape index (κ3) is 3.65. The Morgan fingerprint density at radius 3 is 2.23 bits per heavy atom. The summed E-state index contributed by atoms with van der Waals surface area (Å²) < 4.78 is 4.69. The van der Waals surface area contributed by atoms with E-state index < -0.39 is 0 Å². The second kappa shape index (κ2) is 7.99. The number of halogens is 1. The number of alkyl halides is 1. The number of likely N-dealkylation sites (tertiary alicyclic amines) is 1. The molecule has 5 nitrogen and oxygen atoms in total. The summed E-state index contributed by atoms with van der Waals surface area (Å²) in [6.45, 7) is 0.286. The fourth-order valence-electron chi connectivity index (χ4n) is 3.42. The number of ether oxygens (including phenoxy) is 1. The van der Waals surface area contributed by atoms with Gasteiger partial charge in [-0.1, -0.05) is 46.3 Å². The number of benzene rings is 1. The summed E-state index contributed by atoms with van der Waals surface area (Å²) in [5.41, 5.74) is 2.29. The van der Waals surface area contributed by atoms with Crippen molar-refractivity contribution < 1.29 is 19.1 Å². The Labute approximate surface area is 160 Å². The van der Waals surface area contributed by atoms with Gasteiger partial charge in [-0.2, -0.15) is 0 Å². The summed E-state index contributed by atoms with van der Waals surface area (Å²) in [6, 6.07) is 7.00. The predicted octanol–water partition coefficient (Wildman–Crippen LogP) is 3.20. The van der Waals surface area contributed by atoms with Gasteiger partial charge in [-0.3, -0.25) is 14.5 Å². The molecule has 136 valence electrons. The van der Waals surface area contributed by atoms with Crippen molar-refractivity contribution in [2.45, 2.75) is 12.8 Å². The van der Waals surface area contributed by atoms with Gasteiger partial charge >= 0.3 is 5.97 Å². The number of hydrogen-bond acceptors (Lipinski definition) is 4. The van der Waals surface area contributed by atoms with Gasteiger partial charge in [-0.05, 0) is 36.1 Å². The highest BCUT2D eigenvalue weighted by Gasteiger charge is 2.47. The van der Waals surface area contributed by atoms with E-state index in [9.17, 15) is 14.4 Å². The molecule has 1 aromatic carbocycles. The number of esters is 1. The number of nitrogens with zero attached hydrogens (tertiary/aromatic N) is 1. The van der Waals surface area contributed by atoms with Gasteiger partial charge in [0.1, 0.15) is 0 Å². The van der Waals surface area contributed by atoms with Crippen LogP contribution in [0.5, 0.6) is 0 Å². The summed E-state index contributed by atoms with van der Waals surface area (Å²) in [6.07, 6.45) is 7.19. The number of hydrogen-bond donors (Lipinski definition) is 0. The van der Waals surface area contributed by atoms with Gasteiger partial charge < -0.3 is 4.74 Å². The Kier molecular flexibility index (Phi) is 5.71. The molecule has 1 saturated heterocycles. The van der Waals surface area contributed by atoms with Crippen LogP contribution in [0.4, 0.5) is 0 Å². The van der Waals surface area contributed by atoms with Gasteiger partial charge in [0, 0.05) is 5.33 Å². The van der Waals surface area contributed by atoms with Crippen molar-refractivity contribution in [1.82, 2.24) is 4.90 Å². The first-order valence-corrected chi connectivity index (χ1v) is 9.61. The Balaban J connectivity index is 1.75. The molecule has 0 radical (unpaired) electrons. The molecule has 6 heteroatoms.